The van der Waals surface area contributed by atoms with Crippen LogP contribution < -0.4 is 0 Å². The standard InChI is InChI=1S/C11H16O3/c1-2-6-9(10(12)13)11(14)7-4-3-5-8-11/h3-5,7,9,14H,2,6,8H2,1H3,(H,12,13). The molecule has 0 saturated carbocycles. The Balaban J connectivity index is 2.81. The van der Waals surface area contributed by atoms with E-state index >= 15 is 0 Å². The van der Waals surface area contributed by atoms with Gasteiger partial charge in [-0.1, -0.05) is 37.6 Å². The zero-order valence-corrected chi connectivity index (χ0v) is 8.31. The molecule has 0 bridgehead atoms. The maximum atomic E-state index is 11.0. The Labute approximate surface area is 83.8 Å². The molecule has 3 nitrogen and oxygen atoms in total. The third-order valence-corrected chi connectivity index (χ3v) is 2.56. The molecular weight excluding hydrogens is 180 g/mol. The molecule has 0 fully saturated rings. The minimum atomic E-state index is -1.20. The molecule has 0 aromatic rings. The lowest BCUT2D eigenvalue weighted by Crippen LogP contribution is -2.41. The van der Waals surface area contributed by atoms with Gasteiger partial charge >= 0.3 is 5.97 Å². The molecule has 1 aliphatic carbocycles. The van der Waals surface area contributed by atoms with Gasteiger partial charge in [-0.2, -0.15) is 0 Å². The van der Waals surface area contributed by atoms with E-state index in [1.54, 1.807) is 18.2 Å². The van der Waals surface area contributed by atoms with Gasteiger partial charge in [-0.3, -0.25) is 4.79 Å². The largest absolute Gasteiger partial charge is 0.481 e. The summed E-state index contributed by atoms with van der Waals surface area (Å²) in [5.74, 6) is -1.62. The Bertz CT molecular complexity index is 268. The first-order chi connectivity index (χ1) is 6.60. The van der Waals surface area contributed by atoms with Crippen LogP contribution in [0.15, 0.2) is 24.3 Å². The van der Waals surface area contributed by atoms with Gasteiger partial charge in [-0.05, 0) is 12.8 Å². The third kappa shape index (κ3) is 2.23. The molecule has 0 saturated heterocycles. The van der Waals surface area contributed by atoms with Crippen molar-refractivity contribution in [2.24, 2.45) is 5.92 Å². The van der Waals surface area contributed by atoms with Crippen LogP contribution >= 0.6 is 0 Å². The molecule has 2 unspecified atom stereocenters. The van der Waals surface area contributed by atoms with Crippen molar-refractivity contribution in [1.82, 2.24) is 0 Å². The van der Waals surface area contributed by atoms with E-state index in [0.717, 1.165) is 6.42 Å². The predicted molar refractivity (Wildman–Crippen MR) is 53.9 cm³/mol. The summed E-state index contributed by atoms with van der Waals surface area (Å²) < 4.78 is 0. The summed E-state index contributed by atoms with van der Waals surface area (Å²) >= 11 is 0. The molecule has 14 heavy (non-hydrogen) atoms. The molecule has 3 heteroatoms. The number of allylic oxidation sites excluding steroid dienone is 2. The number of rotatable bonds is 4. The van der Waals surface area contributed by atoms with E-state index < -0.39 is 17.5 Å². The van der Waals surface area contributed by atoms with E-state index in [0.29, 0.717) is 12.8 Å². The first-order valence-corrected chi connectivity index (χ1v) is 4.89. The number of carboxylic acid groups (broad SMARTS) is 1. The molecule has 0 heterocycles. The predicted octanol–water partition coefficient (Wildman–Crippen LogP) is 1.73. The van der Waals surface area contributed by atoms with Gasteiger partial charge in [0.1, 0.15) is 0 Å². The van der Waals surface area contributed by atoms with Gasteiger partial charge in [0, 0.05) is 0 Å². The Morgan fingerprint density at radius 2 is 2.29 bits per heavy atom. The van der Waals surface area contributed by atoms with Crippen molar-refractivity contribution < 1.29 is 15.0 Å². The molecule has 0 aromatic carbocycles. The van der Waals surface area contributed by atoms with Gasteiger partial charge in [0.05, 0.1) is 11.5 Å². The summed E-state index contributed by atoms with van der Waals surface area (Å²) in [5.41, 5.74) is -1.20. The highest BCUT2D eigenvalue weighted by molar-refractivity contribution is 5.72. The topological polar surface area (TPSA) is 57.5 Å². The van der Waals surface area contributed by atoms with Crippen LogP contribution in [-0.2, 0) is 4.79 Å². The van der Waals surface area contributed by atoms with Crippen molar-refractivity contribution in [2.45, 2.75) is 31.8 Å². The van der Waals surface area contributed by atoms with Crippen LogP contribution in [0.5, 0.6) is 0 Å². The Hall–Kier alpha value is -1.09. The normalized spacial score (nSPS) is 27.6. The van der Waals surface area contributed by atoms with E-state index in [4.69, 9.17) is 5.11 Å². The SMILES string of the molecule is CCCC(C(=O)O)C1(O)C=CC=CC1. The minimum Gasteiger partial charge on any atom is -0.481 e. The molecule has 0 aromatic heterocycles. The highest BCUT2D eigenvalue weighted by Gasteiger charge is 2.38. The van der Waals surface area contributed by atoms with Gasteiger partial charge in [-0.25, -0.2) is 0 Å². The first kappa shape index (κ1) is 11.0. The monoisotopic (exact) mass is 196 g/mol. The van der Waals surface area contributed by atoms with Crippen LogP contribution in [0.3, 0.4) is 0 Å². The number of hydrogen-bond acceptors (Lipinski definition) is 2. The highest BCUT2D eigenvalue weighted by Crippen LogP contribution is 2.30. The van der Waals surface area contributed by atoms with Crippen molar-refractivity contribution in [3.63, 3.8) is 0 Å². The van der Waals surface area contributed by atoms with Crippen molar-refractivity contribution in [2.75, 3.05) is 0 Å². The molecule has 78 valence electrons. The van der Waals surface area contributed by atoms with Crippen LogP contribution in [0.25, 0.3) is 0 Å². The maximum Gasteiger partial charge on any atom is 0.309 e. The lowest BCUT2D eigenvalue weighted by Gasteiger charge is -2.31. The summed E-state index contributed by atoms with van der Waals surface area (Å²) in [4.78, 5) is 11.0. The molecule has 0 aliphatic heterocycles. The summed E-state index contributed by atoms with van der Waals surface area (Å²) in [6.45, 7) is 1.92. The van der Waals surface area contributed by atoms with Crippen molar-refractivity contribution in [1.29, 1.82) is 0 Å². The molecule has 2 N–H and O–H groups in total. The fourth-order valence-corrected chi connectivity index (χ4v) is 1.76. The zero-order chi connectivity index (χ0) is 10.6. The van der Waals surface area contributed by atoms with Gasteiger partial charge in [0.2, 0.25) is 0 Å². The highest BCUT2D eigenvalue weighted by atomic mass is 16.4. The van der Waals surface area contributed by atoms with E-state index in [1.165, 1.54) is 0 Å². The van der Waals surface area contributed by atoms with Crippen LogP contribution in [0.2, 0.25) is 0 Å². The van der Waals surface area contributed by atoms with E-state index in [9.17, 15) is 9.90 Å². The van der Waals surface area contributed by atoms with Gasteiger partial charge in [-0.15, -0.1) is 0 Å². The van der Waals surface area contributed by atoms with Crippen LogP contribution in [-0.4, -0.2) is 21.8 Å². The summed E-state index contributed by atoms with van der Waals surface area (Å²) in [6.07, 6.45) is 8.56. The first-order valence-electron chi connectivity index (χ1n) is 4.89. The summed E-state index contributed by atoms with van der Waals surface area (Å²) in [7, 11) is 0. The molecule has 0 radical (unpaired) electrons. The average Bonchev–Trinajstić information content (AvgIpc) is 2.14. The molecule has 1 rings (SSSR count). The van der Waals surface area contributed by atoms with E-state index in [1.807, 2.05) is 13.0 Å². The van der Waals surface area contributed by atoms with Crippen LogP contribution in [0.4, 0.5) is 0 Å². The number of hydrogen-bond donors (Lipinski definition) is 2. The molecule has 2 atom stereocenters. The Kier molecular flexibility index (Phi) is 3.47. The van der Waals surface area contributed by atoms with Gasteiger partial charge in [0.25, 0.3) is 0 Å². The maximum absolute atomic E-state index is 11.0. The smallest absolute Gasteiger partial charge is 0.309 e. The molecule has 0 amide bonds. The quantitative estimate of drug-likeness (QED) is 0.720. The van der Waals surface area contributed by atoms with Crippen LogP contribution in [0, 0.1) is 5.92 Å². The second kappa shape index (κ2) is 4.42. The van der Waals surface area contributed by atoms with Gasteiger partial charge < -0.3 is 10.2 Å². The summed E-state index contributed by atoms with van der Waals surface area (Å²) in [5, 5.41) is 19.1. The van der Waals surface area contributed by atoms with Crippen molar-refractivity contribution in [3.8, 4) is 0 Å². The molecule has 0 spiro atoms. The lowest BCUT2D eigenvalue weighted by molar-refractivity contribution is -0.149. The zero-order valence-electron chi connectivity index (χ0n) is 8.31. The Morgan fingerprint density at radius 3 is 2.71 bits per heavy atom. The second-order valence-electron chi connectivity index (χ2n) is 3.66. The van der Waals surface area contributed by atoms with Gasteiger partial charge in [0.15, 0.2) is 0 Å². The van der Waals surface area contributed by atoms with Crippen LogP contribution in [0.1, 0.15) is 26.2 Å². The summed E-state index contributed by atoms with van der Waals surface area (Å²) in [6, 6.07) is 0. The minimum absolute atomic E-state index is 0.389. The number of carboxylic acids is 1. The molecular formula is C11H16O3. The van der Waals surface area contributed by atoms with E-state index in [-0.39, 0.29) is 0 Å². The fraction of sp³-hybridized carbons (Fsp3) is 0.545. The lowest BCUT2D eigenvalue weighted by atomic mass is 9.80. The Morgan fingerprint density at radius 1 is 1.57 bits per heavy atom. The molecule has 1 aliphatic rings. The number of aliphatic hydroxyl groups is 1. The van der Waals surface area contributed by atoms with E-state index in [2.05, 4.69) is 0 Å². The third-order valence-electron chi connectivity index (χ3n) is 2.56. The number of aliphatic carboxylic acids is 1. The van der Waals surface area contributed by atoms with Crippen molar-refractivity contribution >= 4 is 5.97 Å². The number of carbonyl (C=O) groups is 1. The average molecular weight is 196 g/mol. The van der Waals surface area contributed by atoms with Crippen molar-refractivity contribution in [3.05, 3.63) is 24.3 Å². The second-order valence-corrected chi connectivity index (χ2v) is 3.66. The fourth-order valence-electron chi connectivity index (χ4n) is 1.76.